The van der Waals surface area contributed by atoms with E-state index in [4.69, 9.17) is 4.74 Å². The Kier molecular flexibility index (Phi) is 4.72. The Hall–Kier alpha value is -2.65. The molecule has 0 radical (unpaired) electrons. The number of rotatable bonds is 4. The average Bonchev–Trinajstić information content (AvgIpc) is 3.14. The molecule has 0 saturated carbocycles. The highest BCUT2D eigenvalue weighted by molar-refractivity contribution is 7.00. The number of carbonyl (C=O) groups excluding carboxylic acids is 1. The standard InChI is InChI=1S/C17H18N6O2S/c1-11-8-13(20-17(19-11)23-4-6-25-7-5-23)10-18-16(24)12-2-3-14-15(9-12)22-26-21-14/h2-3,8-9H,4-7,10H2,1H3,(H,18,24). The summed E-state index contributed by atoms with van der Waals surface area (Å²) in [6, 6.07) is 7.19. The molecule has 134 valence electrons. The van der Waals surface area contributed by atoms with Crippen LogP contribution in [0.4, 0.5) is 5.95 Å². The Morgan fingerprint density at radius 3 is 2.85 bits per heavy atom. The van der Waals surface area contributed by atoms with E-state index in [2.05, 4.69) is 28.9 Å². The Bertz CT molecular complexity index is 938. The minimum absolute atomic E-state index is 0.163. The molecule has 2 aromatic heterocycles. The van der Waals surface area contributed by atoms with Crippen LogP contribution in [0, 0.1) is 6.92 Å². The van der Waals surface area contributed by atoms with Gasteiger partial charge in [0.1, 0.15) is 11.0 Å². The van der Waals surface area contributed by atoms with Crippen molar-refractivity contribution in [3.8, 4) is 0 Å². The molecular weight excluding hydrogens is 352 g/mol. The van der Waals surface area contributed by atoms with Crippen molar-refractivity contribution in [1.82, 2.24) is 24.0 Å². The molecule has 26 heavy (non-hydrogen) atoms. The van der Waals surface area contributed by atoms with Crippen molar-refractivity contribution in [2.45, 2.75) is 13.5 Å². The van der Waals surface area contributed by atoms with E-state index in [0.29, 0.717) is 31.3 Å². The van der Waals surface area contributed by atoms with Crippen LogP contribution in [-0.4, -0.2) is 50.9 Å². The molecule has 0 aliphatic carbocycles. The molecule has 8 nitrogen and oxygen atoms in total. The molecule has 0 spiro atoms. The second-order valence-electron chi connectivity index (χ2n) is 6.05. The van der Waals surface area contributed by atoms with Crippen LogP contribution >= 0.6 is 11.7 Å². The Labute approximate surface area is 154 Å². The molecule has 3 aromatic rings. The molecule has 9 heteroatoms. The zero-order chi connectivity index (χ0) is 17.9. The molecule has 1 aromatic carbocycles. The van der Waals surface area contributed by atoms with Crippen molar-refractivity contribution < 1.29 is 9.53 Å². The average molecular weight is 370 g/mol. The lowest BCUT2D eigenvalue weighted by Gasteiger charge is -2.27. The van der Waals surface area contributed by atoms with Crippen LogP contribution in [0.2, 0.25) is 0 Å². The summed E-state index contributed by atoms with van der Waals surface area (Å²) in [5.74, 6) is 0.525. The molecule has 1 aliphatic heterocycles. The van der Waals surface area contributed by atoms with E-state index in [1.54, 1.807) is 18.2 Å². The first kappa shape index (κ1) is 16.8. The van der Waals surface area contributed by atoms with Crippen LogP contribution in [-0.2, 0) is 11.3 Å². The molecule has 0 bridgehead atoms. The quantitative estimate of drug-likeness (QED) is 0.745. The van der Waals surface area contributed by atoms with E-state index in [1.807, 2.05) is 13.0 Å². The predicted octanol–water partition coefficient (Wildman–Crippen LogP) is 1.56. The zero-order valence-electron chi connectivity index (χ0n) is 14.3. The zero-order valence-corrected chi connectivity index (χ0v) is 15.1. The number of aromatic nitrogens is 4. The molecule has 1 amide bonds. The van der Waals surface area contributed by atoms with Crippen molar-refractivity contribution in [3.63, 3.8) is 0 Å². The van der Waals surface area contributed by atoms with Gasteiger partial charge in [-0.15, -0.1) is 0 Å². The van der Waals surface area contributed by atoms with Crippen molar-refractivity contribution in [2.75, 3.05) is 31.2 Å². The maximum Gasteiger partial charge on any atom is 0.251 e. The van der Waals surface area contributed by atoms with Gasteiger partial charge in [0.2, 0.25) is 5.95 Å². The van der Waals surface area contributed by atoms with Gasteiger partial charge >= 0.3 is 0 Å². The van der Waals surface area contributed by atoms with Gasteiger partial charge in [-0.2, -0.15) is 8.75 Å². The number of aryl methyl sites for hydroxylation is 1. The SMILES string of the molecule is Cc1cc(CNC(=O)c2ccc3nsnc3c2)nc(N2CCOCC2)n1. The molecule has 1 saturated heterocycles. The van der Waals surface area contributed by atoms with Gasteiger partial charge in [0, 0.05) is 24.3 Å². The lowest BCUT2D eigenvalue weighted by Crippen LogP contribution is -2.37. The molecule has 1 fully saturated rings. The number of carbonyl (C=O) groups is 1. The number of fused-ring (bicyclic) bond motifs is 1. The van der Waals surface area contributed by atoms with E-state index in [-0.39, 0.29) is 5.91 Å². The van der Waals surface area contributed by atoms with Gasteiger partial charge in [0.25, 0.3) is 5.91 Å². The third-order valence-electron chi connectivity index (χ3n) is 4.14. The summed E-state index contributed by atoms with van der Waals surface area (Å²) in [5.41, 5.74) is 3.75. The summed E-state index contributed by atoms with van der Waals surface area (Å²) in [6.45, 7) is 5.18. The summed E-state index contributed by atoms with van der Waals surface area (Å²) in [6.07, 6.45) is 0. The highest BCUT2D eigenvalue weighted by atomic mass is 32.1. The van der Waals surface area contributed by atoms with Gasteiger partial charge in [-0.25, -0.2) is 9.97 Å². The fraction of sp³-hybridized carbons (Fsp3) is 0.353. The Morgan fingerprint density at radius 1 is 1.19 bits per heavy atom. The lowest BCUT2D eigenvalue weighted by molar-refractivity contribution is 0.0950. The maximum absolute atomic E-state index is 12.4. The molecular formula is C17H18N6O2S. The normalized spacial score (nSPS) is 14.6. The molecule has 4 rings (SSSR count). The van der Waals surface area contributed by atoms with Crippen LogP contribution < -0.4 is 10.2 Å². The lowest BCUT2D eigenvalue weighted by atomic mass is 10.2. The second-order valence-corrected chi connectivity index (χ2v) is 6.58. The van der Waals surface area contributed by atoms with Crippen LogP contribution in [0.1, 0.15) is 21.7 Å². The maximum atomic E-state index is 12.4. The van der Waals surface area contributed by atoms with E-state index in [0.717, 1.165) is 47.2 Å². The number of anilines is 1. The largest absolute Gasteiger partial charge is 0.378 e. The molecule has 0 unspecified atom stereocenters. The minimum atomic E-state index is -0.163. The third kappa shape index (κ3) is 3.63. The summed E-state index contributed by atoms with van der Waals surface area (Å²) in [5, 5.41) is 2.91. The highest BCUT2D eigenvalue weighted by Gasteiger charge is 2.15. The van der Waals surface area contributed by atoms with Crippen LogP contribution in [0.15, 0.2) is 24.3 Å². The number of morpholine rings is 1. The van der Waals surface area contributed by atoms with Gasteiger partial charge in [0.15, 0.2) is 0 Å². The monoisotopic (exact) mass is 370 g/mol. The predicted molar refractivity (Wildman–Crippen MR) is 98.4 cm³/mol. The first-order chi connectivity index (χ1) is 12.7. The smallest absolute Gasteiger partial charge is 0.251 e. The highest BCUT2D eigenvalue weighted by Crippen LogP contribution is 2.15. The fourth-order valence-corrected chi connectivity index (χ4v) is 3.33. The Balaban J connectivity index is 1.46. The van der Waals surface area contributed by atoms with Crippen molar-refractivity contribution in [1.29, 1.82) is 0 Å². The number of nitrogens with zero attached hydrogens (tertiary/aromatic N) is 5. The number of ether oxygens (including phenoxy) is 1. The van der Waals surface area contributed by atoms with E-state index >= 15 is 0 Å². The van der Waals surface area contributed by atoms with E-state index in [9.17, 15) is 4.79 Å². The molecule has 1 N–H and O–H groups in total. The number of nitrogens with one attached hydrogen (secondary N) is 1. The summed E-state index contributed by atoms with van der Waals surface area (Å²) >= 11 is 1.14. The van der Waals surface area contributed by atoms with Gasteiger partial charge in [-0.05, 0) is 31.2 Å². The van der Waals surface area contributed by atoms with E-state index < -0.39 is 0 Å². The summed E-state index contributed by atoms with van der Waals surface area (Å²) in [4.78, 5) is 23.6. The van der Waals surface area contributed by atoms with Gasteiger partial charge < -0.3 is 15.0 Å². The summed E-state index contributed by atoms with van der Waals surface area (Å²) < 4.78 is 13.7. The summed E-state index contributed by atoms with van der Waals surface area (Å²) in [7, 11) is 0. The van der Waals surface area contributed by atoms with Crippen molar-refractivity contribution in [2.24, 2.45) is 0 Å². The van der Waals surface area contributed by atoms with Crippen LogP contribution in [0.25, 0.3) is 11.0 Å². The number of hydrogen-bond acceptors (Lipinski definition) is 8. The molecule has 1 aliphatic rings. The van der Waals surface area contributed by atoms with Gasteiger partial charge in [-0.1, -0.05) is 0 Å². The van der Waals surface area contributed by atoms with Gasteiger partial charge in [0.05, 0.1) is 37.2 Å². The van der Waals surface area contributed by atoms with Crippen LogP contribution in [0.3, 0.4) is 0 Å². The van der Waals surface area contributed by atoms with E-state index in [1.165, 1.54) is 0 Å². The van der Waals surface area contributed by atoms with Gasteiger partial charge in [-0.3, -0.25) is 4.79 Å². The number of benzene rings is 1. The fourth-order valence-electron chi connectivity index (χ4n) is 2.81. The first-order valence-corrected chi connectivity index (χ1v) is 9.10. The third-order valence-corrected chi connectivity index (χ3v) is 4.69. The number of hydrogen-bond donors (Lipinski definition) is 1. The first-order valence-electron chi connectivity index (χ1n) is 8.37. The number of amides is 1. The van der Waals surface area contributed by atoms with Crippen molar-refractivity contribution in [3.05, 3.63) is 41.2 Å². The Morgan fingerprint density at radius 2 is 2.00 bits per heavy atom. The molecule has 0 atom stereocenters. The minimum Gasteiger partial charge on any atom is -0.378 e. The topological polar surface area (TPSA) is 93.1 Å². The second kappa shape index (κ2) is 7.30. The molecule has 3 heterocycles. The van der Waals surface area contributed by atoms with Crippen molar-refractivity contribution >= 4 is 34.6 Å². The van der Waals surface area contributed by atoms with Crippen LogP contribution in [0.5, 0.6) is 0 Å².